The van der Waals surface area contributed by atoms with E-state index in [0.29, 0.717) is 6.07 Å². The minimum atomic E-state index is -4.86. The average molecular weight is 310 g/mol. The molecule has 0 radical (unpaired) electrons. The van der Waals surface area contributed by atoms with E-state index in [-0.39, 0.29) is 0 Å². The summed E-state index contributed by atoms with van der Waals surface area (Å²) in [5.74, 6) is -0.921. The van der Waals surface area contributed by atoms with Crippen molar-refractivity contribution in [2.45, 2.75) is 16.7 Å². The maximum Gasteiger partial charge on any atom is 0.298 e. The molecular weight excluding hydrogens is 300 g/mol. The predicted octanol–water partition coefficient (Wildman–Crippen LogP) is -0.453. The topological polar surface area (TPSA) is 178 Å². The number of nitrogens with two attached hydrogens (primary N) is 2. The van der Waals surface area contributed by atoms with E-state index in [1.54, 1.807) is 0 Å². The third kappa shape index (κ3) is 2.84. The van der Waals surface area contributed by atoms with Crippen LogP contribution in [-0.2, 0) is 20.2 Å². The lowest BCUT2D eigenvalue weighted by atomic mass is 10.1. The molecule has 0 aliphatic carbocycles. The number of rotatable bonds is 3. The highest BCUT2D eigenvalue weighted by molar-refractivity contribution is 7.86. The number of ketones is 1. The molecule has 0 fully saturated rings. The van der Waals surface area contributed by atoms with Crippen molar-refractivity contribution < 1.29 is 30.7 Å². The van der Waals surface area contributed by atoms with Crippen LogP contribution in [0.15, 0.2) is 15.9 Å². The molecular formula is C8H10N2O7S2. The largest absolute Gasteiger partial charge is 0.397 e. The third-order valence-corrected chi connectivity index (χ3v) is 4.05. The lowest BCUT2D eigenvalue weighted by Gasteiger charge is -2.13. The van der Waals surface area contributed by atoms with Crippen LogP contribution in [-0.4, -0.2) is 31.7 Å². The van der Waals surface area contributed by atoms with Gasteiger partial charge >= 0.3 is 0 Å². The van der Waals surface area contributed by atoms with Gasteiger partial charge in [-0.25, -0.2) is 0 Å². The monoisotopic (exact) mass is 310 g/mol. The summed E-state index contributed by atoms with van der Waals surface area (Å²) in [7, 11) is -9.70. The number of hydrogen-bond donors (Lipinski definition) is 4. The summed E-state index contributed by atoms with van der Waals surface area (Å²) in [6, 6.07) is 0.533. The number of benzene rings is 1. The fourth-order valence-corrected chi connectivity index (χ4v) is 3.06. The molecule has 0 aliphatic heterocycles. The normalized spacial score (nSPS) is 12.4. The second-order valence-corrected chi connectivity index (χ2v) is 6.34. The summed E-state index contributed by atoms with van der Waals surface area (Å²) in [6.07, 6.45) is 0. The van der Waals surface area contributed by atoms with Crippen LogP contribution in [0.5, 0.6) is 0 Å². The van der Waals surface area contributed by atoms with Gasteiger partial charge in [0.1, 0.15) is 9.79 Å². The van der Waals surface area contributed by atoms with Gasteiger partial charge in [0, 0.05) is 0 Å². The third-order valence-electron chi connectivity index (χ3n) is 2.20. The van der Waals surface area contributed by atoms with Gasteiger partial charge in [-0.05, 0) is 13.0 Å². The van der Waals surface area contributed by atoms with E-state index in [1.165, 1.54) is 0 Å². The fourth-order valence-electron chi connectivity index (χ4n) is 1.54. The Labute approximate surface area is 108 Å². The zero-order valence-electron chi connectivity index (χ0n) is 9.48. The van der Waals surface area contributed by atoms with Crippen LogP contribution < -0.4 is 11.5 Å². The molecule has 0 aliphatic rings. The summed E-state index contributed by atoms with van der Waals surface area (Å²) in [4.78, 5) is 9.44. The first kappa shape index (κ1) is 15.4. The number of nitrogen functional groups attached to an aromatic ring is 2. The molecule has 1 aromatic rings. The lowest BCUT2D eigenvalue weighted by Crippen LogP contribution is -2.16. The first-order valence-corrected chi connectivity index (χ1v) is 7.43. The molecule has 0 saturated heterocycles. The summed E-state index contributed by atoms with van der Waals surface area (Å²) < 4.78 is 62.3. The Hall–Kier alpha value is -1.69. The quantitative estimate of drug-likeness (QED) is 0.326. The van der Waals surface area contributed by atoms with Crippen molar-refractivity contribution in [1.82, 2.24) is 0 Å². The smallest absolute Gasteiger partial charge is 0.298 e. The Bertz CT molecular complexity index is 765. The molecule has 1 aromatic carbocycles. The first-order valence-electron chi connectivity index (χ1n) is 4.55. The van der Waals surface area contributed by atoms with Gasteiger partial charge < -0.3 is 11.5 Å². The van der Waals surface area contributed by atoms with E-state index in [0.717, 1.165) is 6.92 Å². The van der Waals surface area contributed by atoms with Crippen molar-refractivity contribution in [2.24, 2.45) is 0 Å². The zero-order valence-corrected chi connectivity index (χ0v) is 11.1. The van der Waals surface area contributed by atoms with Crippen molar-refractivity contribution in [3.63, 3.8) is 0 Å². The molecule has 0 saturated carbocycles. The van der Waals surface area contributed by atoms with Crippen LogP contribution in [0.25, 0.3) is 0 Å². The minimum Gasteiger partial charge on any atom is -0.397 e. The van der Waals surface area contributed by atoms with Gasteiger partial charge in [-0.15, -0.1) is 0 Å². The lowest BCUT2D eigenvalue weighted by molar-refractivity contribution is 0.101. The zero-order chi connectivity index (χ0) is 15.2. The molecule has 0 aromatic heterocycles. The highest BCUT2D eigenvalue weighted by atomic mass is 32.2. The summed E-state index contributed by atoms with van der Waals surface area (Å²) >= 11 is 0. The average Bonchev–Trinajstić information content (AvgIpc) is 2.11. The van der Waals surface area contributed by atoms with E-state index in [4.69, 9.17) is 20.6 Å². The Morgan fingerprint density at radius 3 is 1.89 bits per heavy atom. The van der Waals surface area contributed by atoms with Gasteiger partial charge in [0.05, 0.1) is 16.9 Å². The second-order valence-electron chi connectivity index (χ2n) is 3.59. The van der Waals surface area contributed by atoms with Gasteiger partial charge in [0.2, 0.25) is 0 Å². The fraction of sp³-hybridized carbons (Fsp3) is 0.125. The molecule has 0 atom stereocenters. The highest BCUT2D eigenvalue weighted by Crippen LogP contribution is 2.34. The van der Waals surface area contributed by atoms with E-state index in [9.17, 15) is 21.6 Å². The van der Waals surface area contributed by atoms with Gasteiger partial charge in [-0.1, -0.05) is 0 Å². The second kappa shape index (κ2) is 4.45. The maximum absolute atomic E-state index is 11.4. The maximum atomic E-state index is 11.4. The van der Waals surface area contributed by atoms with Crippen LogP contribution >= 0.6 is 0 Å². The Balaban J connectivity index is 4.03. The molecule has 106 valence electrons. The van der Waals surface area contributed by atoms with E-state index < -0.39 is 52.7 Å². The van der Waals surface area contributed by atoms with Crippen molar-refractivity contribution in [1.29, 1.82) is 0 Å². The Kier molecular flexibility index (Phi) is 3.60. The number of carbonyl (C=O) groups excluding carboxylic acids is 1. The van der Waals surface area contributed by atoms with Crippen LogP contribution in [0.1, 0.15) is 17.3 Å². The van der Waals surface area contributed by atoms with Crippen LogP contribution in [0, 0.1) is 0 Å². The number of carbonyl (C=O) groups is 1. The van der Waals surface area contributed by atoms with Gasteiger partial charge in [-0.2, -0.15) is 16.8 Å². The SMILES string of the molecule is CC(=O)c1c(S(=O)(=O)O)cc(N)c(S(=O)(=O)O)c1N. The van der Waals surface area contributed by atoms with Gasteiger partial charge in [0.25, 0.3) is 20.2 Å². The first-order chi connectivity index (χ1) is 8.37. The van der Waals surface area contributed by atoms with Crippen molar-refractivity contribution in [2.75, 3.05) is 11.5 Å². The molecule has 11 heteroatoms. The van der Waals surface area contributed by atoms with Crippen molar-refractivity contribution in [3.8, 4) is 0 Å². The molecule has 0 amide bonds. The van der Waals surface area contributed by atoms with Crippen LogP contribution in [0.2, 0.25) is 0 Å². The molecule has 9 nitrogen and oxygen atoms in total. The minimum absolute atomic E-state index is 0.533. The predicted molar refractivity (Wildman–Crippen MR) is 64.9 cm³/mol. The van der Waals surface area contributed by atoms with E-state index in [1.807, 2.05) is 0 Å². The van der Waals surface area contributed by atoms with Crippen LogP contribution in [0.4, 0.5) is 11.4 Å². The molecule has 0 bridgehead atoms. The highest BCUT2D eigenvalue weighted by Gasteiger charge is 2.29. The van der Waals surface area contributed by atoms with Gasteiger partial charge in [-0.3, -0.25) is 13.9 Å². The molecule has 6 N–H and O–H groups in total. The summed E-state index contributed by atoms with van der Waals surface area (Å²) in [5, 5.41) is 0. The standard InChI is InChI=1S/C8H10N2O7S2/c1-3(11)6-5(18(12,13)14)2-4(9)8(7(6)10)19(15,16)17/h2H,9-10H2,1H3,(H,12,13,14)(H,15,16,17). The molecule has 0 spiro atoms. The molecule has 0 unspecified atom stereocenters. The number of hydrogen-bond acceptors (Lipinski definition) is 7. The summed E-state index contributed by atoms with van der Waals surface area (Å²) in [5.41, 5.74) is 8.31. The number of anilines is 2. The van der Waals surface area contributed by atoms with Gasteiger partial charge in [0.15, 0.2) is 5.78 Å². The van der Waals surface area contributed by atoms with E-state index in [2.05, 4.69) is 0 Å². The Morgan fingerprint density at radius 2 is 1.58 bits per heavy atom. The molecule has 1 rings (SSSR count). The van der Waals surface area contributed by atoms with Crippen molar-refractivity contribution in [3.05, 3.63) is 11.6 Å². The number of Topliss-reactive ketones (excluding diaryl/α,β-unsaturated/α-hetero) is 1. The van der Waals surface area contributed by atoms with E-state index >= 15 is 0 Å². The van der Waals surface area contributed by atoms with Crippen LogP contribution in [0.3, 0.4) is 0 Å². The van der Waals surface area contributed by atoms with Crippen molar-refractivity contribution >= 4 is 37.4 Å². The summed E-state index contributed by atoms with van der Waals surface area (Å²) in [6.45, 7) is 0.907. The molecule has 19 heavy (non-hydrogen) atoms. The molecule has 0 heterocycles. The Morgan fingerprint density at radius 1 is 1.11 bits per heavy atom.